The van der Waals surface area contributed by atoms with Crippen molar-refractivity contribution in [3.05, 3.63) is 41.0 Å². The van der Waals surface area contributed by atoms with Gasteiger partial charge in [0.25, 0.3) is 0 Å². The predicted octanol–water partition coefficient (Wildman–Crippen LogP) is 5.84. The third-order valence-electron chi connectivity index (χ3n) is 7.96. The van der Waals surface area contributed by atoms with E-state index in [2.05, 4.69) is 41.5 Å². The largest absolute Gasteiger partial charge is 0.480 e. The van der Waals surface area contributed by atoms with Crippen LogP contribution in [0.25, 0.3) is 0 Å². The van der Waals surface area contributed by atoms with Crippen molar-refractivity contribution in [2.45, 2.75) is 65.2 Å². The van der Waals surface area contributed by atoms with Crippen LogP contribution in [-0.4, -0.2) is 12.6 Å². The quantitative estimate of drug-likeness (QED) is 0.362. The number of carbonyl (C=O) groups excluding carboxylic acids is 1. The van der Waals surface area contributed by atoms with Crippen LogP contribution in [0.3, 0.4) is 0 Å². The van der Waals surface area contributed by atoms with Crippen molar-refractivity contribution in [1.29, 1.82) is 0 Å². The summed E-state index contributed by atoms with van der Waals surface area (Å²) < 4.78 is 10.6. The normalized spacial score (nSPS) is 35.1. The maximum atomic E-state index is 12.1. The average molecular weight is 400 g/mol. The first-order chi connectivity index (χ1) is 13.5. The van der Waals surface area contributed by atoms with Crippen LogP contribution in [0.15, 0.2) is 29.8 Å². The molecule has 3 nitrogen and oxygen atoms in total. The van der Waals surface area contributed by atoms with Gasteiger partial charge in [-0.25, -0.2) is 4.79 Å². The van der Waals surface area contributed by atoms with Gasteiger partial charge in [-0.15, -0.1) is 0 Å². The molecule has 4 heteroatoms. The summed E-state index contributed by atoms with van der Waals surface area (Å²) in [5, 5.41) is 0. The Hall–Kier alpha value is -1.34. The van der Waals surface area contributed by atoms with Crippen molar-refractivity contribution >= 4 is 15.4 Å². The molecule has 0 amide bonds. The topological polar surface area (TPSA) is 35.5 Å². The van der Waals surface area contributed by atoms with Crippen molar-refractivity contribution < 1.29 is 14.1 Å². The molecule has 152 valence electrons. The zero-order valence-corrected chi connectivity index (χ0v) is 18.5. The van der Waals surface area contributed by atoms with Crippen LogP contribution in [0.1, 0.15) is 69.9 Å². The van der Waals surface area contributed by atoms with Crippen molar-refractivity contribution in [2.75, 3.05) is 6.61 Å². The molecular weight excluding hydrogens is 367 g/mol. The second-order valence-corrected chi connectivity index (χ2v) is 9.29. The van der Waals surface area contributed by atoms with E-state index in [0.29, 0.717) is 30.3 Å². The Labute approximate surface area is 171 Å². The number of allylic oxidation sites excluding steroid dienone is 1. The predicted molar refractivity (Wildman–Crippen MR) is 115 cm³/mol. The van der Waals surface area contributed by atoms with Gasteiger partial charge < -0.3 is 9.26 Å². The van der Waals surface area contributed by atoms with Gasteiger partial charge in [0.05, 0.1) is 16.1 Å². The van der Waals surface area contributed by atoms with Gasteiger partial charge in [-0.1, -0.05) is 31.9 Å². The summed E-state index contributed by atoms with van der Waals surface area (Å²) in [5.74, 6) is 3.52. The summed E-state index contributed by atoms with van der Waals surface area (Å²) in [4.78, 5) is 12.1. The second-order valence-electron chi connectivity index (χ2n) is 9.06. The number of esters is 1. The van der Waals surface area contributed by atoms with Gasteiger partial charge in [0, 0.05) is 6.08 Å². The molecule has 2 saturated carbocycles. The highest BCUT2D eigenvalue weighted by molar-refractivity contribution is 7.10. The minimum Gasteiger partial charge on any atom is -0.480 e. The van der Waals surface area contributed by atoms with Gasteiger partial charge in [-0.2, -0.15) is 0 Å². The van der Waals surface area contributed by atoms with Crippen molar-refractivity contribution in [3.8, 4) is 5.75 Å². The maximum Gasteiger partial charge on any atom is 0.330 e. The van der Waals surface area contributed by atoms with E-state index in [1.165, 1.54) is 36.8 Å². The number of carbonyl (C=O) groups is 1. The van der Waals surface area contributed by atoms with Crippen molar-refractivity contribution in [2.24, 2.45) is 23.2 Å². The summed E-state index contributed by atoms with van der Waals surface area (Å²) in [5.41, 5.74) is 4.52. The van der Waals surface area contributed by atoms with Gasteiger partial charge >= 0.3 is 5.97 Å². The standard InChI is InChI=1S/C24H33O3P/c1-4-15-12-16-13-18(27-28)7-8-19(16)20-10-11-24(3)17(14-22(25)26-5-2)6-9-21(24)23(15)20/h7-8,13-15,20-21,23H,4-6,9-12,28H2,1-3H3/b17-14+. The van der Waals surface area contributed by atoms with Crippen LogP contribution in [0.5, 0.6) is 5.75 Å². The number of ether oxygens (including phenoxy) is 1. The van der Waals surface area contributed by atoms with Gasteiger partial charge in [-0.3, -0.25) is 0 Å². The van der Waals surface area contributed by atoms with E-state index in [-0.39, 0.29) is 11.4 Å². The molecule has 0 aromatic heterocycles. The number of hydrogen-bond donors (Lipinski definition) is 0. The zero-order valence-electron chi connectivity index (χ0n) is 17.4. The maximum absolute atomic E-state index is 12.1. The van der Waals surface area contributed by atoms with Gasteiger partial charge in [0.15, 0.2) is 0 Å². The smallest absolute Gasteiger partial charge is 0.330 e. The number of hydrogen-bond acceptors (Lipinski definition) is 3. The van der Waals surface area contributed by atoms with Crippen LogP contribution < -0.4 is 4.52 Å². The Kier molecular flexibility index (Phi) is 5.58. The first kappa shape index (κ1) is 20.0. The third-order valence-corrected chi connectivity index (χ3v) is 8.23. The molecule has 0 N–H and O–H groups in total. The molecule has 4 rings (SSSR count). The monoisotopic (exact) mass is 400 g/mol. The van der Waals surface area contributed by atoms with E-state index < -0.39 is 0 Å². The first-order valence-corrected chi connectivity index (χ1v) is 11.4. The lowest BCUT2D eigenvalue weighted by molar-refractivity contribution is -0.137. The molecule has 0 saturated heterocycles. The summed E-state index contributed by atoms with van der Waals surface area (Å²) in [7, 11) is 2.36. The number of fused-ring (bicyclic) bond motifs is 5. The molecule has 6 atom stereocenters. The van der Waals surface area contributed by atoms with E-state index in [9.17, 15) is 4.79 Å². The van der Waals surface area contributed by atoms with Crippen LogP contribution in [0.4, 0.5) is 0 Å². The molecule has 1 aromatic rings. The highest BCUT2D eigenvalue weighted by Crippen LogP contribution is 2.64. The minimum atomic E-state index is -0.160. The molecule has 3 aliphatic rings. The highest BCUT2D eigenvalue weighted by Gasteiger charge is 2.54. The molecule has 2 fully saturated rings. The zero-order chi connectivity index (χ0) is 19.9. The number of rotatable bonds is 4. The molecule has 28 heavy (non-hydrogen) atoms. The Bertz CT molecular complexity index is 786. The van der Waals surface area contributed by atoms with E-state index in [1.807, 2.05) is 13.0 Å². The SMILES string of the molecule is CCOC(=O)/C=C1\CCC2C3C(CC)Cc4cc(OP)ccc4C3CCC12C. The van der Waals surface area contributed by atoms with E-state index in [4.69, 9.17) is 9.26 Å². The lowest BCUT2D eigenvalue weighted by Gasteiger charge is -2.52. The molecule has 3 aliphatic carbocycles. The molecular formula is C24H33O3P. The molecule has 1 aromatic carbocycles. The molecule has 0 aliphatic heterocycles. The number of benzene rings is 1. The summed E-state index contributed by atoms with van der Waals surface area (Å²) in [6, 6.07) is 6.67. The highest BCUT2D eigenvalue weighted by atomic mass is 31.0. The summed E-state index contributed by atoms with van der Waals surface area (Å²) >= 11 is 0. The first-order valence-electron chi connectivity index (χ1n) is 10.9. The second kappa shape index (κ2) is 7.82. The van der Waals surface area contributed by atoms with Crippen molar-refractivity contribution in [1.82, 2.24) is 0 Å². The molecule has 0 heterocycles. The van der Waals surface area contributed by atoms with Gasteiger partial charge in [0.1, 0.15) is 5.75 Å². The third kappa shape index (κ3) is 3.20. The van der Waals surface area contributed by atoms with Gasteiger partial charge in [-0.05, 0) is 91.4 Å². The van der Waals surface area contributed by atoms with E-state index >= 15 is 0 Å². The van der Waals surface area contributed by atoms with Crippen molar-refractivity contribution in [3.63, 3.8) is 0 Å². The fourth-order valence-electron chi connectivity index (χ4n) is 6.66. The van der Waals surface area contributed by atoms with E-state index in [1.54, 1.807) is 5.56 Å². The molecule has 6 unspecified atom stereocenters. The molecule has 0 spiro atoms. The van der Waals surface area contributed by atoms with Crippen LogP contribution in [0, 0.1) is 23.2 Å². The summed E-state index contributed by atoms with van der Waals surface area (Å²) in [6.45, 7) is 7.09. The lowest BCUT2D eigenvalue weighted by Crippen LogP contribution is -2.44. The van der Waals surface area contributed by atoms with Gasteiger partial charge in [0.2, 0.25) is 0 Å². The van der Waals surface area contributed by atoms with Crippen LogP contribution in [-0.2, 0) is 16.0 Å². The lowest BCUT2D eigenvalue weighted by atomic mass is 9.52. The fraction of sp³-hybridized carbons (Fsp3) is 0.625. The Morgan fingerprint density at radius 1 is 1.32 bits per heavy atom. The molecule has 0 radical (unpaired) electrons. The minimum absolute atomic E-state index is 0.155. The summed E-state index contributed by atoms with van der Waals surface area (Å²) in [6.07, 6.45) is 8.83. The van der Waals surface area contributed by atoms with E-state index in [0.717, 1.165) is 18.6 Å². The van der Waals surface area contributed by atoms with Crippen LogP contribution in [0.2, 0.25) is 0 Å². The van der Waals surface area contributed by atoms with Crippen LogP contribution >= 0.6 is 9.47 Å². The Morgan fingerprint density at radius 2 is 2.14 bits per heavy atom. The fourth-order valence-corrected chi connectivity index (χ4v) is 6.80. The molecule has 0 bridgehead atoms. The average Bonchev–Trinajstić information content (AvgIpc) is 3.03. The Balaban J connectivity index is 1.68. The Morgan fingerprint density at radius 3 is 2.86 bits per heavy atom.